The van der Waals surface area contributed by atoms with E-state index in [1.807, 2.05) is 11.1 Å². The largest absolute Gasteiger partial charge is 0.0859 e. The molecule has 0 aromatic rings. The molecule has 29 heavy (non-hydrogen) atoms. The number of allylic oxidation sites excluding steroid dienone is 4. The van der Waals surface area contributed by atoms with Crippen molar-refractivity contribution in [1.29, 1.82) is 0 Å². The van der Waals surface area contributed by atoms with E-state index in [2.05, 4.69) is 54.5 Å². The maximum atomic E-state index is 2.71. The highest BCUT2D eigenvalue weighted by atomic mass is 14.6. The summed E-state index contributed by atoms with van der Waals surface area (Å²) >= 11 is 0. The highest BCUT2D eigenvalue weighted by molar-refractivity contribution is 5.34. The molecule has 0 aliphatic heterocycles. The van der Waals surface area contributed by atoms with Crippen LogP contribution in [-0.2, 0) is 0 Å². The summed E-state index contributed by atoms with van der Waals surface area (Å²) in [6.07, 6.45) is 16.8. The topological polar surface area (TPSA) is 0 Å². The molecule has 4 aliphatic carbocycles. The predicted octanol–water partition coefficient (Wildman–Crippen LogP) is 8.97. The number of hydrogen-bond donors (Lipinski definition) is 0. The molecule has 0 bridgehead atoms. The van der Waals surface area contributed by atoms with Crippen LogP contribution in [0.3, 0.4) is 0 Å². The Morgan fingerprint density at radius 2 is 1.79 bits per heavy atom. The van der Waals surface area contributed by atoms with Gasteiger partial charge in [-0.3, -0.25) is 0 Å². The van der Waals surface area contributed by atoms with Crippen molar-refractivity contribution in [1.82, 2.24) is 0 Å². The van der Waals surface area contributed by atoms with Gasteiger partial charge in [0.25, 0.3) is 0 Å². The molecule has 0 saturated heterocycles. The van der Waals surface area contributed by atoms with E-state index in [9.17, 15) is 0 Å². The van der Waals surface area contributed by atoms with E-state index in [0.29, 0.717) is 10.8 Å². The lowest BCUT2D eigenvalue weighted by molar-refractivity contribution is -0.0415. The zero-order valence-corrected chi connectivity index (χ0v) is 20.6. The average molecular weight is 397 g/mol. The van der Waals surface area contributed by atoms with Crippen LogP contribution >= 0.6 is 0 Å². The maximum Gasteiger partial charge on any atom is -0.00825 e. The van der Waals surface area contributed by atoms with Gasteiger partial charge in [-0.1, -0.05) is 57.4 Å². The first-order valence-corrected chi connectivity index (χ1v) is 13.0. The summed E-state index contributed by atoms with van der Waals surface area (Å²) in [7, 11) is 0. The number of rotatable bonds is 4. The SMILES string of the molecule is CC(C)=CCCC(C)C1CCC2=C3CCC4C(C)C(C)CCC4(C)C3CCC21C. The Hall–Kier alpha value is -0.520. The summed E-state index contributed by atoms with van der Waals surface area (Å²) in [4.78, 5) is 0. The third kappa shape index (κ3) is 3.49. The van der Waals surface area contributed by atoms with Crippen LogP contribution in [0.5, 0.6) is 0 Å². The molecule has 0 spiro atoms. The fraction of sp³-hybridized carbons (Fsp3) is 0.862. The lowest BCUT2D eigenvalue weighted by Crippen LogP contribution is -2.50. The molecular weight excluding hydrogens is 348 g/mol. The monoisotopic (exact) mass is 396 g/mol. The Labute approximate surface area is 182 Å². The van der Waals surface area contributed by atoms with E-state index in [1.54, 1.807) is 0 Å². The molecule has 0 aromatic carbocycles. The van der Waals surface area contributed by atoms with Crippen LogP contribution in [0.4, 0.5) is 0 Å². The third-order valence-corrected chi connectivity index (χ3v) is 10.9. The maximum absolute atomic E-state index is 2.71. The van der Waals surface area contributed by atoms with Crippen molar-refractivity contribution in [3.05, 3.63) is 22.8 Å². The van der Waals surface area contributed by atoms with Crippen LogP contribution < -0.4 is 0 Å². The Balaban J connectivity index is 1.57. The second kappa shape index (κ2) is 7.87. The molecule has 0 aromatic heterocycles. The van der Waals surface area contributed by atoms with Crippen LogP contribution in [0.2, 0.25) is 0 Å². The molecular formula is C29H48. The average Bonchev–Trinajstić information content (AvgIpc) is 3.02. The van der Waals surface area contributed by atoms with Crippen LogP contribution in [0.1, 0.15) is 113 Å². The van der Waals surface area contributed by atoms with Gasteiger partial charge >= 0.3 is 0 Å². The van der Waals surface area contributed by atoms with E-state index < -0.39 is 0 Å². The molecule has 0 nitrogen and oxygen atoms in total. The van der Waals surface area contributed by atoms with Gasteiger partial charge in [0.15, 0.2) is 0 Å². The molecule has 4 rings (SSSR count). The summed E-state index contributed by atoms with van der Waals surface area (Å²) in [5.41, 5.74) is 6.56. The van der Waals surface area contributed by atoms with Crippen LogP contribution in [0, 0.1) is 46.3 Å². The lowest BCUT2D eigenvalue weighted by Gasteiger charge is -2.59. The molecule has 0 amide bonds. The summed E-state index contributed by atoms with van der Waals surface area (Å²) in [6, 6.07) is 0. The minimum atomic E-state index is 0.521. The molecule has 4 aliphatic rings. The molecule has 0 heterocycles. The fourth-order valence-electron chi connectivity index (χ4n) is 8.94. The van der Waals surface area contributed by atoms with Gasteiger partial charge in [0.2, 0.25) is 0 Å². The zero-order valence-electron chi connectivity index (χ0n) is 20.6. The molecule has 3 saturated carbocycles. The molecule has 8 unspecified atom stereocenters. The Kier molecular flexibility index (Phi) is 5.89. The third-order valence-electron chi connectivity index (χ3n) is 10.9. The van der Waals surface area contributed by atoms with Gasteiger partial charge in [-0.25, -0.2) is 0 Å². The highest BCUT2D eigenvalue weighted by Crippen LogP contribution is 2.66. The van der Waals surface area contributed by atoms with E-state index in [1.165, 1.54) is 69.8 Å². The first-order valence-electron chi connectivity index (χ1n) is 13.0. The van der Waals surface area contributed by atoms with Gasteiger partial charge in [-0.05, 0) is 124 Å². The molecule has 3 fully saturated rings. The van der Waals surface area contributed by atoms with Crippen molar-refractivity contribution in [2.45, 2.75) is 113 Å². The van der Waals surface area contributed by atoms with Crippen molar-refractivity contribution in [2.24, 2.45) is 46.3 Å². The molecule has 164 valence electrons. The van der Waals surface area contributed by atoms with E-state index >= 15 is 0 Å². The van der Waals surface area contributed by atoms with Gasteiger partial charge in [0.05, 0.1) is 0 Å². The Morgan fingerprint density at radius 3 is 2.52 bits per heavy atom. The van der Waals surface area contributed by atoms with Gasteiger partial charge in [0.1, 0.15) is 0 Å². The van der Waals surface area contributed by atoms with Crippen molar-refractivity contribution < 1.29 is 0 Å². The second-order valence-corrected chi connectivity index (χ2v) is 12.5. The number of fused-ring (bicyclic) bond motifs is 4. The van der Waals surface area contributed by atoms with Crippen molar-refractivity contribution in [2.75, 3.05) is 0 Å². The van der Waals surface area contributed by atoms with Gasteiger partial charge in [-0.2, -0.15) is 0 Å². The fourth-order valence-corrected chi connectivity index (χ4v) is 8.94. The van der Waals surface area contributed by atoms with E-state index in [0.717, 1.165) is 35.5 Å². The van der Waals surface area contributed by atoms with Crippen LogP contribution in [0.25, 0.3) is 0 Å². The lowest BCUT2D eigenvalue weighted by atomic mass is 9.46. The summed E-state index contributed by atoms with van der Waals surface area (Å²) < 4.78 is 0. The van der Waals surface area contributed by atoms with Crippen molar-refractivity contribution in [3.63, 3.8) is 0 Å². The zero-order chi connectivity index (χ0) is 21.0. The minimum Gasteiger partial charge on any atom is -0.0859 e. The predicted molar refractivity (Wildman–Crippen MR) is 127 cm³/mol. The van der Waals surface area contributed by atoms with E-state index in [-0.39, 0.29) is 0 Å². The first kappa shape index (κ1) is 21.7. The first-order chi connectivity index (χ1) is 13.7. The summed E-state index contributed by atoms with van der Waals surface area (Å²) in [5.74, 6) is 5.55. The normalized spacial score (nSPS) is 45.3. The van der Waals surface area contributed by atoms with Gasteiger partial charge in [-0.15, -0.1) is 0 Å². The van der Waals surface area contributed by atoms with Gasteiger partial charge in [0, 0.05) is 0 Å². The Bertz CT molecular complexity index is 676. The van der Waals surface area contributed by atoms with Crippen LogP contribution in [-0.4, -0.2) is 0 Å². The van der Waals surface area contributed by atoms with Crippen molar-refractivity contribution >= 4 is 0 Å². The summed E-state index contributed by atoms with van der Waals surface area (Å²) in [5, 5.41) is 0. The minimum absolute atomic E-state index is 0.521. The Morgan fingerprint density at radius 1 is 1.03 bits per heavy atom. The number of hydrogen-bond acceptors (Lipinski definition) is 0. The smallest absolute Gasteiger partial charge is 0.00825 e. The van der Waals surface area contributed by atoms with Crippen LogP contribution in [0.15, 0.2) is 22.8 Å². The quantitative estimate of drug-likeness (QED) is 0.416. The van der Waals surface area contributed by atoms with E-state index in [4.69, 9.17) is 0 Å². The molecule has 0 radical (unpaired) electrons. The summed E-state index contributed by atoms with van der Waals surface area (Å²) in [6.45, 7) is 17.6. The molecule has 8 atom stereocenters. The highest BCUT2D eigenvalue weighted by Gasteiger charge is 2.56. The van der Waals surface area contributed by atoms with Gasteiger partial charge < -0.3 is 0 Å². The molecule has 0 heteroatoms. The second-order valence-electron chi connectivity index (χ2n) is 12.5. The standard InChI is InChI=1S/C29H48/c1-19(2)9-8-10-21(4)24-13-14-26-23-11-12-25-22(5)20(3)15-17-29(25,7)27(23)16-18-28(24,26)6/h9,20-22,24-25,27H,8,10-18H2,1-7H3. The molecule has 0 N–H and O–H groups in total. The van der Waals surface area contributed by atoms with Crippen molar-refractivity contribution in [3.8, 4) is 0 Å².